The van der Waals surface area contributed by atoms with Crippen molar-refractivity contribution in [2.45, 2.75) is 26.2 Å². The third-order valence-electron chi connectivity index (χ3n) is 5.35. The van der Waals surface area contributed by atoms with Crippen molar-refractivity contribution in [3.63, 3.8) is 0 Å². The first-order chi connectivity index (χ1) is 13.6. The van der Waals surface area contributed by atoms with Crippen molar-refractivity contribution in [1.82, 2.24) is 4.90 Å². The molecular formula is C23H28N2O3. The number of morpholine rings is 1. The van der Waals surface area contributed by atoms with Gasteiger partial charge in [-0.05, 0) is 35.7 Å². The zero-order valence-corrected chi connectivity index (χ0v) is 16.6. The molecular weight excluding hydrogens is 352 g/mol. The van der Waals surface area contributed by atoms with E-state index in [0.717, 1.165) is 12.0 Å². The Morgan fingerprint density at radius 1 is 1.04 bits per heavy atom. The molecule has 0 saturated carbocycles. The molecule has 0 radical (unpaired) electrons. The summed E-state index contributed by atoms with van der Waals surface area (Å²) in [7, 11) is 0. The van der Waals surface area contributed by atoms with Crippen LogP contribution in [-0.4, -0.2) is 43.0 Å². The molecule has 2 aromatic carbocycles. The second kappa shape index (κ2) is 9.51. The van der Waals surface area contributed by atoms with E-state index in [1.165, 1.54) is 0 Å². The maximum atomic E-state index is 13.0. The lowest BCUT2D eigenvalue weighted by atomic mass is 9.85. The summed E-state index contributed by atoms with van der Waals surface area (Å²) in [6, 6.07) is 17.0. The fourth-order valence-electron chi connectivity index (χ4n) is 3.50. The van der Waals surface area contributed by atoms with E-state index in [2.05, 4.69) is 19.2 Å². The second-order valence-electron chi connectivity index (χ2n) is 7.25. The van der Waals surface area contributed by atoms with Crippen molar-refractivity contribution < 1.29 is 14.3 Å². The molecule has 0 aliphatic carbocycles. The molecule has 1 aliphatic rings. The number of rotatable bonds is 6. The van der Waals surface area contributed by atoms with E-state index in [9.17, 15) is 9.59 Å². The van der Waals surface area contributed by atoms with Crippen LogP contribution in [0.25, 0.3) is 0 Å². The Labute approximate surface area is 166 Å². The number of nitrogens with one attached hydrogen (secondary N) is 1. The van der Waals surface area contributed by atoms with E-state index in [1.807, 2.05) is 30.3 Å². The molecule has 28 heavy (non-hydrogen) atoms. The molecule has 0 bridgehead atoms. The number of carbonyl (C=O) groups excluding carboxylic acids is 2. The number of ether oxygens (including phenoxy) is 1. The van der Waals surface area contributed by atoms with Gasteiger partial charge in [0, 0.05) is 24.3 Å². The molecule has 2 aromatic rings. The first-order valence-electron chi connectivity index (χ1n) is 9.93. The number of anilines is 1. The van der Waals surface area contributed by atoms with Gasteiger partial charge in [0.05, 0.1) is 19.1 Å². The van der Waals surface area contributed by atoms with Gasteiger partial charge in [0.25, 0.3) is 5.91 Å². The van der Waals surface area contributed by atoms with Crippen LogP contribution >= 0.6 is 0 Å². The smallest absolute Gasteiger partial charge is 0.254 e. The SMILES string of the molecule is CCC(C)C(C(=O)Nc1ccc(C(=O)N2CCOCC2)cc1)c1ccccc1. The van der Waals surface area contributed by atoms with Crippen molar-refractivity contribution in [3.05, 3.63) is 65.7 Å². The number of nitrogens with zero attached hydrogens (tertiary/aromatic N) is 1. The normalized spacial score (nSPS) is 16.3. The average molecular weight is 380 g/mol. The summed E-state index contributed by atoms with van der Waals surface area (Å²) in [5.41, 5.74) is 2.35. The molecule has 1 heterocycles. The van der Waals surface area contributed by atoms with Gasteiger partial charge in [-0.1, -0.05) is 50.6 Å². The van der Waals surface area contributed by atoms with Crippen LogP contribution in [0.5, 0.6) is 0 Å². The average Bonchev–Trinajstić information content (AvgIpc) is 2.75. The molecule has 1 aliphatic heterocycles. The molecule has 2 unspecified atom stereocenters. The lowest BCUT2D eigenvalue weighted by molar-refractivity contribution is -0.118. The van der Waals surface area contributed by atoms with E-state index in [0.29, 0.717) is 37.6 Å². The quantitative estimate of drug-likeness (QED) is 0.826. The first kappa shape index (κ1) is 20.1. The molecule has 0 spiro atoms. The number of hydrogen-bond acceptors (Lipinski definition) is 3. The summed E-state index contributed by atoms with van der Waals surface area (Å²) in [5, 5.41) is 3.02. The minimum atomic E-state index is -0.208. The van der Waals surface area contributed by atoms with Crippen LogP contribution in [0.1, 0.15) is 42.1 Å². The van der Waals surface area contributed by atoms with Crippen molar-refractivity contribution in [3.8, 4) is 0 Å². The predicted molar refractivity (Wildman–Crippen MR) is 110 cm³/mol. The fourth-order valence-corrected chi connectivity index (χ4v) is 3.50. The Hall–Kier alpha value is -2.66. The molecule has 5 heteroatoms. The van der Waals surface area contributed by atoms with Gasteiger partial charge in [-0.3, -0.25) is 9.59 Å². The molecule has 1 fully saturated rings. The number of carbonyl (C=O) groups is 2. The Morgan fingerprint density at radius 2 is 1.68 bits per heavy atom. The highest BCUT2D eigenvalue weighted by molar-refractivity contribution is 5.98. The Bertz CT molecular complexity index is 783. The topological polar surface area (TPSA) is 58.6 Å². The Balaban J connectivity index is 1.69. The summed E-state index contributed by atoms with van der Waals surface area (Å²) in [6.45, 7) is 6.59. The number of hydrogen-bond donors (Lipinski definition) is 1. The Kier molecular flexibility index (Phi) is 6.82. The molecule has 2 amide bonds. The summed E-state index contributed by atoms with van der Waals surface area (Å²) in [6.07, 6.45) is 0.917. The monoisotopic (exact) mass is 380 g/mol. The van der Waals surface area contributed by atoms with Gasteiger partial charge in [0.2, 0.25) is 5.91 Å². The van der Waals surface area contributed by atoms with E-state index in [1.54, 1.807) is 29.2 Å². The lowest BCUT2D eigenvalue weighted by Crippen LogP contribution is -2.40. The first-order valence-corrected chi connectivity index (χ1v) is 9.93. The third kappa shape index (κ3) is 4.78. The van der Waals surface area contributed by atoms with Gasteiger partial charge in [0.15, 0.2) is 0 Å². The third-order valence-corrected chi connectivity index (χ3v) is 5.35. The summed E-state index contributed by atoms with van der Waals surface area (Å²) in [5.74, 6) is 0.00109. The minimum Gasteiger partial charge on any atom is -0.378 e. The van der Waals surface area contributed by atoms with E-state index < -0.39 is 0 Å². The summed E-state index contributed by atoms with van der Waals surface area (Å²) >= 11 is 0. The van der Waals surface area contributed by atoms with Crippen molar-refractivity contribution in [2.75, 3.05) is 31.6 Å². The van der Waals surface area contributed by atoms with Crippen LogP contribution in [0.2, 0.25) is 0 Å². The van der Waals surface area contributed by atoms with E-state index in [-0.39, 0.29) is 23.7 Å². The molecule has 1 saturated heterocycles. The molecule has 2 atom stereocenters. The largest absolute Gasteiger partial charge is 0.378 e. The minimum absolute atomic E-state index is 0.00273. The predicted octanol–water partition coefficient (Wildman–Crippen LogP) is 3.93. The second-order valence-corrected chi connectivity index (χ2v) is 7.25. The summed E-state index contributed by atoms with van der Waals surface area (Å²) in [4.78, 5) is 27.3. The number of benzene rings is 2. The van der Waals surface area contributed by atoms with E-state index in [4.69, 9.17) is 4.74 Å². The van der Waals surface area contributed by atoms with Crippen LogP contribution < -0.4 is 5.32 Å². The van der Waals surface area contributed by atoms with E-state index >= 15 is 0 Å². The van der Waals surface area contributed by atoms with Crippen LogP contribution in [-0.2, 0) is 9.53 Å². The Morgan fingerprint density at radius 3 is 2.29 bits per heavy atom. The van der Waals surface area contributed by atoms with Gasteiger partial charge >= 0.3 is 0 Å². The van der Waals surface area contributed by atoms with Crippen LogP contribution in [0, 0.1) is 5.92 Å². The maximum absolute atomic E-state index is 13.0. The maximum Gasteiger partial charge on any atom is 0.254 e. The van der Waals surface area contributed by atoms with Crippen LogP contribution in [0.4, 0.5) is 5.69 Å². The van der Waals surface area contributed by atoms with Crippen molar-refractivity contribution in [2.24, 2.45) is 5.92 Å². The molecule has 3 rings (SSSR count). The standard InChI is InChI=1S/C23H28N2O3/c1-3-17(2)21(18-7-5-4-6-8-18)22(26)24-20-11-9-19(10-12-20)23(27)25-13-15-28-16-14-25/h4-12,17,21H,3,13-16H2,1-2H3,(H,24,26). The highest BCUT2D eigenvalue weighted by Gasteiger charge is 2.26. The molecule has 1 N–H and O–H groups in total. The lowest BCUT2D eigenvalue weighted by Gasteiger charge is -2.27. The highest BCUT2D eigenvalue weighted by atomic mass is 16.5. The van der Waals surface area contributed by atoms with Gasteiger partial charge in [0.1, 0.15) is 0 Å². The van der Waals surface area contributed by atoms with Gasteiger partial charge in [-0.25, -0.2) is 0 Å². The fraction of sp³-hybridized carbons (Fsp3) is 0.391. The highest BCUT2D eigenvalue weighted by Crippen LogP contribution is 2.28. The number of amides is 2. The van der Waals surface area contributed by atoms with Crippen LogP contribution in [0.15, 0.2) is 54.6 Å². The zero-order chi connectivity index (χ0) is 19.9. The molecule has 5 nitrogen and oxygen atoms in total. The summed E-state index contributed by atoms with van der Waals surface area (Å²) < 4.78 is 5.29. The zero-order valence-electron chi connectivity index (χ0n) is 16.6. The van der Waals surface area contributed by atoms with Gasteiger partial charge in [-0.2, -0.15) is 0 Å². The van der Waals surface area contributed by atoms with Crippen LogP contribution in [0.3, 0.4) is 0 Å². The van der Waals surface area contributed by atoms with Crippen molar-refractivity contribution >= 4 is 17.5 Å². The molecule has 148 valence electrons. The molecule has 0 aromatic heterocycles. The van der Waals surface area contributed by atoms with Gasteiger partial charge < -0.3 is 15.0 Å². The van der Waals surface area contributed by atoms with Gasteiger partial charge in [-0.15, -0.1) is 0 Å². The van der Waals surface area contributed by atoms with Crippen molar-refractivity contribution in [1.29, 1.82) is 0 Å².